The number of amides is 1. The average molecular weight is 467 g/mol. The van der Waals surface area contributed by atoms with Crippen LogP contribution >= 0.6 is 0 Å². The molecule has 31 heavy (non-hydrogen) atoms. The molecule has 0 saturated carbocycles. The van der Waals surface area contributed by atoms with E-state index in [1.54, 1.807) is 17.0 Å². The first-order valence-electron chi connectivity index (χ1n) is 9.80. The third-order valence-electron chi connectivity index (χ3n) is 4.91. The lowest BCUT2D eigenvalue weighted by Crippen LogP contribution is -2.24. The van der Waals surface area contributed by atoms with Crippen molar-refractivity contribution >= 4 is 43.0 Å². The quantitative estimate of drug-likeness (QED) is 0.617. The zero-order valence-corrected chi connectivity index (χ0v) is 19.3. The molecule has 0 unspecified atom stereocenters. The van der Waals surface area contributed by atoms with Gasteiger partial charge in [-0.1, -0.05) is 0 Å². The minimum Gasteiger partial charge on any atom is -0.384 e. The third kappa shape index (κ3) is 4.83. The van der Waals surface area contributed by atoms with Crippen LogP contribution in [0, 0.1) is 0 Å². The van der Waals surface area contributed by atoms with Crippen molar-refractivity contribution in [2.45, 2.75) is 29.6 Å². The molecule has 9 nitrogen and oxygen atoms in total. The summed E-state index contributed by atoms with van der Waals surface area (Å²) in [5.41, 5.74) is 1.24. The van der Waals surface area contributed by atoms with Gasteiger partial charge in [-0.05, 0) is 55.8 Å². The maximum atomic E-state index is 13.0. The lowest BCUT2D eigenvalue weighted by molar-refractivity contribution is -0.117. The summed E-state index contributed by atoms with van der Waals surface area (Å²) in [7, 11) is -4.92. The normalized spacial score (nSPS) is 14.8. The summed E-state index contributed by atoms with van der Waals surface area (Å²) in [5.74, 6) is 0.0166. The topological polar surface area (TPSA) is 116 Å². The van der Waals surface area contributed by atoms with E-state index in [9.17, 15) is 21.6 Å². The minimum atomic E-state index is -3.99. The van der Waals surface area contributed by atoms with Gasteiger partial charge < -0.3 is 10.2 Å². The van der Waals surface area contributed by atoms with Gasteiger partial charge in [-0.3, -0.25) is 9.52 Å². The summed E-state index contributed by atoms with van der Waals surface area (Å²) in [6.45, 7) is 2.98. The van der Waals surface area contributed by atoms with Crippen molar-refractivity contribution in [3.05, 3.63) is 42.5 Å². The van der Waals surface area contributed by atoms with Gasteiger partial charge >= 0.3 is 0 Å². The molecule has 1 amide bonds. The van der Waals surface area contributed by atoms with Crippen molar-refractivity contribution in [1.82, 2.24) is 4.31 Å². The Morgan fingerprint density at radius 1 is 0.968 bits per heavy atom. The van der Waals surface area contributed by atoms with Crippen LogP contribution in [0.5, 0.6) is 0 Å². The SMILES string of the molecule is CCNc1ccc(S(=O)(=O)N(C)C)cc1NS(=O)(=O)c1ccc(N2CCCC2=O)cc1. The molecular formula is C20H26N4O5S2. The minimum absolute atomic E-state index is 0.00575. The van der Waals surface area contributed by atoms with Crippen molar-refractivity contribution in [3.63, 3.8) is 0 Å². The molecule has 0 radical (unpaired) electrons. The summed E-state index contributed by atoms with van der Waals surface area (Å²) in [4.78, 5) is 13.5. The van der Waals surface area contributed by atoms with E-state index in [-0.39, 0.29) is 21.4 Å². The van der Waals surface area contributed by atoms with Crippen molar-refractivity contribution in [2.24, 2.45) is 0 Å². The highest BCUT2D eigenvalue weighted by Gasteiger charge is 2.24. The number of hydrogen-bond acceptors (Lipinski definition) is 6. The van der Waals surface area contributed by atoms with Crippen LogP contribution in [0.25, 0.3) is 0 Å². The second kappa shape index (κ2) is 8.85. The van der Waals surface area contributed by atoms with Gasteiger partial charge in [-0.15, -0.1) is 0 Å². The molecule has 1 heterocycles. The first-order valence-corrected chi connectivity index (χ1v) is 12.7. The number of hydrogen-bond donors (Lipinski definition) is 2. The molecule has 1 aliphatic heterocycles. The zero-order chi connectivity index (χ0) is 22.8. The van der Waals surface area contributed by atoms with Gasteiger partial charge in [0.15, 0.2) is 0 Å². The van der Waals surface area contributed by atoms with E-state index in [4.69, 9.17) is 0 Å². The van der Waals surface area contributed by atoms with Crippen LogP contribution < -0.4 is 14.9 Å². The number of carbonyl (C=O) groups is 1. The standard InChI is InChI=1S/C20H26N4O5S2/c1-4-21-18-12-11-17(31(28,29)23(2)3)14-19(18)22-30(26,27)16-9-7-15(8-10-16)24-13-5-6-20(24)25/h7-12,14,21-22H,4-6,13H2,1-3H3. The van der Waals surface area contributed by atoms with Gasteiger partial charge in [0.2, 0.25) is 15.9 Å². The molecule has 2 N–H and O–H groups in total. The fourth-order valence-electron chi connectivity index (χ4n) is 3.25. The second-order valence-corrected chi connectivity index (χ2v) is 11.1. The summed E-state index contributed by atoms with van der Waals surface area (Å²) >= 11 is 0. The number of nitrogens with one attached hydrogen (secondary N) is 2. The first kappa shape index (κ1) is 23.0. The molecule has 0 spiro atoms. The van der Waals surface area contributed by atoms with E-state index < -0.39 is 20.0 Å². The number of benzene rings is 2. The maximum absolute atomic E-state index is 13.0. The molecule has 0 atom stereocenters. The molecule has 1 fully saturated rings. The summed E-state index contributed by atoms with van der Waals surface area (Å²) in [6.07, 6.45) is 1.26. The Kier molecular flexibility index (Phi) is 6.58. The van der Waals surface area contributed by atoms with Crippen LogP contribution in [0.15, 0.2) is 52.3 Å². The smallest absolute Gasteiger partial charge is 0.261 e. The van der Waals surface area contributed by atoms with E-state index in [2.05, 4.69) is 10.0 Å². The Balaban J connectivity index is 1.93. The fraction of sp³-hybridized carbons (Fsp3) is 0.350. The van der Waals surface area contributed by atoms with Crippen LogP contribution in [-0.2, 0) is 24.8 Å². The average Bonchev–Trinajstić information content (AvgIpc) is 3.15. The van der Waals surface area contributed by atoms with Crippen LogP contribution in [0.2, 0.25) is 0 Å². The Bertz CT molecular complexity index is 1180. The Hall–Kier alpha value is -2.63. The molecule has 11 heteroatoms. The summed E-state index contributed by atoms with van der Waals surface area (Å²) in [5, 5.41) is 3.03. The van der Waals surface area contributed by atoms with E-state index in [1.807, 2.05) is 6.92 Å². The number of rotatable bonds is 8. The molecule has 168 valence electrons. The van der Waals surface area contributed by atoms with Gasteiger partial charge in [0.1, 0.15) is 0 Å². The highest BCUT2D eigenvalue weighted by Crippen LogP contribution is 2.30. The van der Waals surface area contributed by atoms with Crippen molar-refractivity contribution in [3.8, 4) is 0 Å². The molecular weight excluding hydrogens is 440 g/mol. The third-order valence-corrected chi connectivity index (χ3v) is 8.11. The Morgan fingerprint density at radius 3 is 2.16 bits per heavy atom. The van der Waals surface area contributed by atoms with Gasteiger partial charge in [-0.25, -0.2) is 21.1 Å². The van der Waals surface area contributed by atoms with Crippen LogP contribution in [0.3, 0.4) is 0 Å². The largest absolute Gasteiger partial charge is 0.384 e. The van der Waals surface area contributed by atoms with Crippen molar-refractivity contribution < 1.29 is 21.6 Å². The van der Waals surface area contributed by atoms with Crippen molar-refractivity contribution in [2.75, 3.05) is 42.1 Å². The first-order chi connectivity index (χ1) is 14.6. The number of nitrogens with zero attached hydrogens (tertiary/aromatic N) is 2. The highest BCUT2D eigenvalue weighted by atomic mass is 32.2. The van der Waals surface area contributed by atoms with E-state index >= 15 is 0 Å². The molecule has 0 bridgehead atoms. The molecule has 0 aliphatic carbocycles. The van der Waals surface area contributed by atoms with Crippen molar-refractivity contribution in [1.29, 1.82) is 0 Å². The number of anilines is 3. The fourth-order valence-corrected chi connectivity index (χ4v) is 5.25. The molecule has 1 saturated heterocycles. The molecule has 1 aliphatic rings. The number of sulfonamides is 2. The van der Waals surface area contributed by atoms with E-state index in [1.165, 1.54) is 44.4 Å². The van der Waals surface area contributed by atoms with E-state index in [0.717, 1.165) is 10.7 Å². The zero-order valence-electron chi connectivity index (χ0n) is 17.6. The van der Waals surface area contributed by atoms with E-state index in [0.29, 0.717) is 30.9 Å². The Labute approximate surface area is 183 Å². The summed E-state index contributed by atoms with van der Waals surface area (Å²) in [6, 6.07) is 10.3. The van der Waals surface area contributed by atoms with Gasteiger partial charge in [0.25, 0.3) is 10.0 Å². The van der Waals surface area contributed by atoms with Crippen LogP contribution in [0.1, 0.15) is 19.8 Å². The lowest BCUT2D eigenvalue weighted by atomic mass is 10.2. The molecule has 0 aromatic heterocycles. The Morgan fingerprint density at radius 2 is 1.61 bits per heavy atom. The lowest BCUT2D eigenvalue weighted by Gasteiger charge is -2.18. The highest BCUT2D eigenvalue weighted by molar-refractivity contribution is 7.92. The monoisotopic (exact) mass is 466 g/mol. The molecule has 3 rings (SSSR count). The van der Waals surface area contributed by atoms with Gasteiger partial charge in [0.05, 0.1) is 21.2 Å². The second-order valence-electron chi connectivity index (χ2n) is 7.27. The van der Waals surface area contributed by atoms with Gasteiger partial charge in [0, 0.05) is 39.3 Å². The maximum Gasteiger partial charge on any atom is 0.261 e. The van der Waals surface area contributed by atoms with Crippen LogP contribution in [0.4, 0.5) is 17.1 Å². The molecule has 2 aromatic carbocycles. The predicted molar refractivity (Wildman–Crippen MR) is 120 cm³/mol. The summed E-state index contributed by atoms with van der Waals surface area (Å²) < 4.78 is 54.4. The predicted octanol–water partition coefficient (Wildman–Crippen LogP) is 2.30. The van der Waals surface area contributed by atoms with Crippen LogP contribution in [-0.4, -0.2) is 54.2 Å². The van der Waals surface area contributed by atoms with Gasteiger partial charge in [-0.2, -0.15) is 0 Å². The number of carbonyl (C=O) groups excluding carboxylic acids is 1. The molecule has 2 aromatic rings.